The van der Waals surface area contributed by atoms with Crippen molar-refractivity contribution in [2.45, 2.75) is 26.7 Å². The molecule has 3 aromatic rings. The van der Waals surface area contributed by atoms with Crippen molar-refractivity contribution in [3.63, 3.8) is 0 Å². The minimum absolute atomic E-state index is 0.344. The summed E-state index contributed by atoms with van der Waals surface area (Å²) in [4.78, 5) is 13.8. The van der Waals surface area contributed by atoms with Gasteiger partial charge in [0.2, 0.25) is 5.28 Å². The van der Waals surface area contributed by atoms with Gasteiger partial charge in [0.15, 0.2) is 0 Å². The number of anilines is 1. The van der Waals surface area contributed by atoms with E-state index in [0.29, 0.717) is 5.28 Å². The van der Waals surface area contributed by atoms with Crippen molar-refractivity contribution in [1.82, 2.24) is 9.97 Å². The number of hydrogen-bond acceptors (Lipinski definition) is 4. The molecular formula is C19H20ClN3S. The van der Waals surface area contributed by atoms with Crippen LogP contribution in [0.4, 0.5) is 5.82 Å². The lowest BCUT2D eigenvalue weighted by Gasteiger charge is -2.31. The molecule has 3 nitrogen and oxygen atoms in total. The van der Waals surface area contributed by atoms with Crippen LogP contribution in [0, 0.1) is 12.8 Å². The second kappa shape index (κ2) is 6.34. The zero-order valence-corrected chi connectivity index (χ0v) is 15.5. The summed E-state index contributed by atoms with van der Waals surface area (Å²) < 4.78 is 0. The maximum atomic E-state index is 6.24. The molecule has 0 amide bonds. The molecule has 1 aromatic carbocycles. The molecule has 3 heterocycles. The predicted octanol–water partition coefficient (Wildman–Crippen LogP) is 5.56. The Kier molecular flexibility index (Phi) is 4.19. The minimum Gasteiger partial charge on any atom is -0.356 e. The Hall–Kier alpha value is -1.65. The number of rotatable bonds is 2. The summed E-state index contributed by atoms with van der Waals surface area (Å²) in [6, 6.07) is 10.5. The van der Waals surface area contributed by atoms with E-state index in [2.05, 4.69) is 53.0 Å². The van der Waals surface area contributed by atoms with Gasteiger partial charge in [-0.15, -0.1) is 11.3 Å². The van der Waals surface area contributed by atoms with Gasteiger partial charge in [0.05, 0.1) is 5.39 Å². The first-order valence-electron chi connectivity index (χ1n) is 8.40. The molecule has 24 heavy (non-hydrogen) atoms. The normalized spacial score (nSPS) is 16.0. The monoisotopic (exact) mass is 357 g/mol. The zero-order valence-electron chi connectivity index (χ0n) is 13.9. The first-order chi connectivity index (χ1) is 11.6. The number of thiophene rings is 1. The van der Waals surface area contributed by atoms with Crippen LogP contribution in [0.1, 0.15) is 24.6 Å². The van der Waals surface area contributed by atoms with Crippen LogP contribution in [0.25, 0.3) is 21.3 Å². The molecule has 4 rings (SSSR count). The van der Waals surface area contributed by atoms with E-state index in [1.165, 1.54) is 28.8 Å². The van der Waals surface area contributed by atoms with Crippen molar-refractivity contribution in [2.75, 3.05) is 18.0 Å². The van der Waals surface area contributed by atoms with Gasteiger partial charge in [-0.2, -0.15) is 4.98 Å². The lowest BCUT2D eigenvalue weighted by Crippen LogP contribution is -2.33. The van der Waals surface area contributed by atoms with Crippen LogP contribution in [0.15, 0.2) is 30.3 Å². The molecule has 2 aromatic heterocycles. The molecule has 1 saturated heterocycles. The highest BCUT2D eigenvalue weighted by Gasteiger charge is 2.24. The molecule has 0 bridgehead atoms. The number of nitrogens with zero attached hydrogens (tertiary/aromatic N) is 3. The highest BCUT2D eigenvalue weighted by atomic mass is 35.5. The third-order valence-electron chi connectivity index (χ3n) is 4.83. The second-order valence-electron chi connectivity index (χ2n) is 6.57. The molecule has 1 fully saturated rings. The van der Waals surface area contributed by atoms with Gasteiger partial charge in [0.25, 0.3) is 0 Å². The molecule has 0 atom stereocenters. The molecule has 124 valence electrons. The number of aromatic nitrogens is 2. The minimum atomic E-state index is 0.344. The quantitative estimate of drug-likeness (QED) is 0.562. The van der Waals surface area contributed by atoms with E-state index in [4.69, 9.17) is 11.6 Å². The number of halogens is 1. The first kappa shape index (κ1) is 15.9. The van der Waals surface area contributed by atoms with Crippen molar-refractivity contribution in [1.29, 1.82) is 0 Å². The second-order valence-corrected chi connectivity index (χ2v) is 8.11. The molecule has 0 unspecified atom stereocenters. The van der Waals surface area contributed by atoms with Crippen molar-refractivity contribution >= 4 is 39.0 Å². The van der Waals surface area contributed by atoms with Gasteiger partial charge in [-0.1, -0.05) is 37.3 Å². The Balaban J connectivity index is 1.93. The predicted molar refractivity (Wildman–Crippen MR) is 103 cm³/mol. The van der Waals surface area contributed by atoms with Gasteiger partial charge < -0.3 is 4.90 Å². The average molecular weight is 358 g/mol. The zero-order chi connectivity index (χ0) is 16.7. The number of piperidine rings is 1. The molecule has 0 N–H and O–H groups in total. The molecule has 0 saturated carbocycles. The van der Waals surface area contributed by atoms with Crippen LogP contribution in [0.5, 0.6) is 0 Å². The van der Waals surface area contributed by atoms with Crippen LogP contribution >= 0.6 is 22.9 Å². The molecule has 1 aliphatic rings. The van der Waals surface area contributed by atoms with Gasteiger partial charge in [0, 0.05) is 23.5 Å². The number of hydrogen-bond donors (Lipinski definition) is 0. The van der Waals surface area contributed by atoms with Crippen molar-refractivity contribution < 1.29 is 0 Å². The number of benzene rings is 1. The lowest BCUT2D eigenvalue weighted by molar-refractivity contribution is 0.437. The van der Waals surface area contributed by atoms with Crippen molar-refractivity contribution in [2.24, 2.45) is 5.92 Å². The summed E-state index contributed by atoms with van der Waals surface area (Å²) in [6.45, 7) is 6.55. The SMILES string of the molecule is Cc1sc2nc(Cl)nc(N3CCC(C)CC3)c2c1-c1ccccc1. The van der Waals surface area contributed by atoms with E-state index in [1.807, 2.05) is 6.07 Å². The molecule has 0 radical (unpaired) electrons. The van der Waals surface area contributed by atoms with Gasteiger partial charge in [0.1, 0.15) is 10.6 Å². The van der Waals surface area contributed by atoms with E-state index in [0.717, 1.165) is 35.0 Å². The average Bonchev–Trinajstić information content (AvgIpc) is 2.91. The Morgan fingerprint density at radius 1 is 1.12 bits per heavy atom. The Morgan fingerprint density at radius 3 is 2.54 bits per heavy atom. The van der Waals surface area contributed by atoms with Crippen molar-refractivity contribution in [3.05, 3.63) is 40.5 Å². The van der Waals surface area contributed by atoms with Gasteiger partial charge >= 0.3 is 0 Å². The molecule has 0 spiro atoms. The summed E-state index contributed by atoms with van der Waals surface area (Å²) in [5.74, 6) is 1.78. The topological polar surface area (TPSA) is 29.0 Å². The number of aryl methyl sites for hydroxylation is 1. The largest absolute Gasteiger partial charge is 0.356 e. The third-order valence-corrected chi connectivity index (χ3v) is 5.99. The molecular weight excluding hydrogens is 338 g/mol. The summed E-state index contributed by atoms with van der Waals surface area (Å²) in [5.41, 5.74) is 2.47. The van der Waals surface area contributed by atoms with Gasteiger partial charge in [-0.05, 0) is 42.8 Å². The van der Waals surface area contributed by atoms with Crippen LogP contribution in [0.2, 0.25) is 5.28 Å². The van der Waals surface area contributed by atoms with E-state index in [1.54, 1.807) is 11.3 Å². The summed E-state index contributed by atoms with van der Waals surface area (Å²) in [6.07, 6.45) is 2.40. The van der Waals surface area contributed by atoms with E-state index >= 15 is 0 Å². The smallest absolute Gasteiger partial charge is 0.225 e. The molecule has 0 aliphatic carbocycles. The summed E-state index contributed by atoms with van der Waals surface area (Å²) >= 11 is 7.94. The third kappa shape index (κ3) is 2.78. The molecule has 1 aliphatic heterocycles. The van der Waals surface area contributed by atoms with Crippen LogP contribution in [0.3, 0.4) is 0 Å². The fraction of sp³-hybridized carbons (Fsp3) is 0.368. The molecule has 5 heteroatoms. The van der Waals surface area contributed by atoms with E-state index < -0.39 is 0 Å². The van der Waals surface area contributed by atoms with Gasteiger partial charge in [-0.25, -0.2) is 4.98 Å². The Bertz CT molecular complexity index is 867. The highest BCUT2D eigenvalue weighted by molar-refractivity contribution is 7.19. The Morgan fingerprint density at radius 2 is 1.83 bits per heavy atom. The maximum absolute atomic E-state index is 6.24. The van der Waals surface area contributed by atoms with Crippen LogP contribution in [-0.2, 0) is 0 Å². The van der Waals surface area contributed by atoms with Crippen LogP contribution < -0.4 is 4.90 Å². The lowest BCUT2D eigenvalue weighted by atomic mass is 9.98. The van der Waals surface area contributed by atoms with Crippen molar-refractivity contribution in [3.8, 4) is 11.1 Å². The Labute approximate surface area is 151 Å². The van der Waals surface area contributed by atoms with E-state index in [9.17, 15) is 0 Å². The maximum Gasteiger partial charge on any atom is 0.225 e. The fourth-order valence-electron chi connectivity index (χ4n) is 3.47. The van der Waals surface area contributed by atoms with Gasteiger partial charge in [-0.3, -0.25) is 0 Å². The highest BCUT2D eigenvalue weighted by Crippen LogP contribution is 2.42. The fourth-order valence-corrected chi connectivity index (χ4v) is 4.72. The van der Waals surface area contributed by atoms with Crippen LogP contribution in [-0.4, -0.2) is 23.1 Å². The summed E-state index contributed by atoms with van der Waals surface area (Å²) in [7, 11) is 0. The number of fused-ring (bicyclic) bond motifs is 1. The first-order valence-corrected chi connectivity index (χ1v) is 9.60. The summed E-state index contributed by atoms with van der Waals surface area (Å²) in [5, 5.41) is 1.50. The standard InChI is InChI=1S/C19H20ClN3S/c1-12-8-10-23(11-9-12)17-16-15(14-6-4-3-5-7-14)13(2)24-18(16)22-19(20)21-17/h3-7,12H,8-11H2,1-2H3. The van der Waals surface area contributed by atoms with E-state index in [-0.39, 0.29) is 0 Å².